The number of nitrogens with zero attached hydrogens (tertiary/aromatic N) is 2. The molecule has 3 nitrogen and oxygen atoms in total. The van der Waals surface area contributed by atoms with Crippen LogP contribution in [0.4, 0.5) is 0 Å². The number of aryl methyl sites for hydroxylation is 1. The first-order valence-electron chi connectivity index (χ1n) is 7.21. The molecule has 2 heterocycles. The van der Waals surface area contributed by atoms with E-state index in [2.05, 4.69) is 49.9 Å². The molecule has 4 heteroatoms. The van der Waals surface area contributed by atoms with Crippen molar-refractivity contribution in [2.75, 3.05) is 27.2 Å². The van der Waals surface area contributed by atoms with Crippen molar-refractivity contribution in [1.29, 1.82) is 0 Å². The molecule has 0 bridgehead atoms. The number of hydrogen-bond donors (Lipinski definition) is 1. The highest BCUT2D eigenvalue weighted by molar-refractivity contribution is 7.12. The van der Waals surface area contributed by atoms with E-state index in [1.165, 1.54) is 29.1 Å². The summed E-state index contributed by atoms with van der Waals surface area (Å²) in [5.41, 5.74) is 6.24. The molecule has 1 aromatic heterocycles. The Hall–Kier alpha value is -0.420. The summed E-state index contributed by atoms with van der Waals surface area (Å²) in [4.78, 5) is 7.69. The molecule has 108 valence electrons. The average Bonchev–Trinajstić information content (AvgIpc) is 2.89. The van der Waals surface area contributed by atoms with Gasteiger partial charge in [-0.05, 0) is 59.5 Å². The third kappa shape index (κ3) is 3.57. The summed E-state index contributed by atoms with van der Waals surface area (Å²) in [6.45, 7) is 6.63. The van der Waals surface area contributed by atoms with E-state index in [0.29, 0.717) is 12.1 Å². The number of rotatable bonds is 5. The standard InChI is InChI=1S/C15H27N3S/c1-11-7-8-14(19-11)15(12(2)16)18(4)10-13-6-5-9-17(13)3/h7-8,12-13,15H,5-6,9-10,16H2,1-4H3. The van der Waals surface area contributed by atoms with Crippen molar-refractivity contribution in [3.63, 3.8) is 0 Å². The maximum Gasteiger partial charge on any atom is 0.0588 e. The number of thiophene rings is 1. The van der Waals surface area contributed by atoms with Crippen molar-refractivity contribution in [2.24, 2.45) is 5.73 Å². The Balaban J connectivity index is 2.06. The van der Waals surface area contributed by atoms with Crippen LogP contribution < -0.4 is 5.73 Å². The lowest BCUT2D eigenvalue weighted by atomic mass is 10.1. The fraction of sp³-hybridized carbons (Fsp3) is 0.733. The van der Waals surface area contributed by atoms with Gasteiger partial charge in [0.2, 0.25) is 0 Å². The molecule has 0 spiro atoms. The zero-order chi connectivity index (χ0) is 14.0. The smallest absolute Gasteiger partial charge is 0.0588 e. The molecular formula is C15H27N3S. The van der Waals surface area contributed by atoms with Crippen LogP contribution in [-0.4, -0.2) is 49.1 Å². The molecule has 0 aromatic carbocycles. The Morgan fingerprint density at radius 1 is 1.53 bits per heavy atom. The first kappa shape index (κ1) is 15.0. The second-order valence-electron chi connectivity index (χ2n) is 5.97. The van der Waals surface area contributed by atoms with Gasteiger partial charge in [0.15, 0.2) is 0 Å². The molecule has 3 atom stereocenters. The molecule has 1 aliphatic rings. The quantitative estimate of drug-likeness (QED) is 0.900. The lowest BCUT2D eigenvalue weighted by molar-refractivity contribution is 0.165. The largest absolute Gasteiger partial charge is 0.326 e. The molecule has 3 unspecified atom stereocenters. The molecule has 0 amide bonds. The Labute approximate surface area is 121 Å². The van der Waals surface area contributed by atoms with Crippen LogP contribution in [0.25, 0.3) is 0 Å². The van der Waals surface area contributed by atoms with Crippen LogP contribution in [0.1, 0.15) is 35.6 Å². The zero-order valence-corrected chi connectivity index (χ0v) is 13.4. The van der Waals surface area contributed by atoms with Gasteiger partial charge in [0.1, 0.15) is 0 Å². The van der Waals surface area contributed by atoms with E-state index < -0.39 is 0 Å². The van der Waals surface area contributed by atoms with E-state index in [1.807, 2.05) is 11.3 Å². The number of hydrogen-bond acceptors (Lipinski definition) is 4. The summed E-state index contributed by atoms with van der Waals surface area (Å²) in [6, 6.07) is 5.63. The Kier molecular flexibility index (Phi) is 5.01. The maximum absolute atomic E-state index is 6.24. The molecule has 1 saturated heterocycles. The molecule has 0 aliphatic carbocycles. The normalized spacial score (nSPS) is 24.0. The number of likely N-dealkylation sites (tertiary alicyclic amines) is 1. The highest BCUT2D eigenvalue weighted by Gasteiger charge is 2.28. The van der Waals surface area contributed by atoms with Crippen LogP contribution in [-0.2, 0) is 0 Å². The third-order valence-corrected chi connectivity index (χ3v) is 5.27. The summed E-state index contributed by atoms with van der Waals surface area (Å²) < 4.78 is 0. The minimum atomic E-state index is 0.162. The van der Waals surface area contributed by atoms with Gasteiger partial charge in [-0.25, -0.2) is 0 Å². The second-order valence-corrected chi connectivity index (χ2v) is 7.29. The molecule has 19 heavy (non-hydrogen) atoms. The van der Waals surface area contributed by atoms with Gasteiger partial charge in [-0.15, -0.1) is 11.3 Å². The number of nitrogens with two attached hydrogens (primary N) is 1. The highest BCUT2D eigenvalue weighted by atomic mass is 32.1. The van der Waals surface area contributed by atoms with Crippen LogP contribution in [0.3, 0.4) is 0 Å². The monoisotopic (exact) mass is 281 g/mol. The van der Waals surface area contributed by atoms with Crippen LogP contribution in [0, 0.1) is 6.92 Å². The first-order valence-corrected chi connectivity index (χ1v) is 8.03. The SMILES string of the molecule is Cc1ccc(C(C(C)N)N(C)CC2CCCN2C)s1. The highest BCUT2D eigenvalue weighted by Crippen LogP contribution is 2.30. The zero-order valence-electron chi connectivity index (χ0n) is 12.6. The summed E-state index contributed by atoms with van der Waals surface area (Å²) in [5, 5.41) is 0. The lowest BCUT2D eigenvalue weighted by Gasteiger charge is -2.34. The molecule has 2 rings (SSSR count). The molecule has 1 aromatic rings. The van der Waals surface area contributed by atoms with E-state index in [9.17, 15) is 0 Å². The Morgan fingerprint density at radius 2 is 2.26 bits per heavy atom. The van der Waals surface area contributed by atoms with Gasteiger partial charge in [0.05, 0.1) is 6.04 Å². The summed E-state index contributed by atoms with van der Waals surface area (Å²) in [6.07, 6.45) is 2.64. The predicted octanol–water partition coefficient (Wildman–Crippen LogP) is 2.47. The molecule has 1 aliphatic heterocycles. The fourth-order valence-corrected chi connectivity index (χ4v) is 4.31. The van der Waals surface area contributed by atoms with Crippen molar-refractivity contribution in [3.05, 3.63) is 21.9 Å². The topological polar surface area (TPSA) is 32.5 Å². The van der Waals surface area contributed by atoms with Crippen molar-refractivity contribution in [1.82, 2.24) is 9.80 Å². The summed E-state index contributed by atoms with van der Waals surface area (Å²) in [7, 11) is 4.46. The van der Waals surface area contributed by atoms with Crippen LogP contribution in [0.15, 0.2) is 12.1 Å². The van der Waals surface area contributed by atoms with Gasteiger partial charge >= 0.3 is 0 Å². The van der Waals surface area contributed by atoms with Gasteiger partial charge in [-0.2, -0.15) is 0 Å². The molecule has 0 saturated carbocycles. The third-order valence-electron chi connectivity index (χ3n) is 4.20. The van der Waals surface area contributed by atoms with Gasteiger partial charge in [0.25, 0.3) is 0 Å². The predicted molar refractivity (Wildman–Crippen MR) is 83.7 cm³/mol. The summed E-state index contributed by atoms with van der Waals surface area (Å²) >= 11 is 1.88. The van der Waals surface area contributed by atoms with Crippen LogP contribution in [0.5, 0.6) is 0 Å². The van der Waals surface area contributed by atoms with Gasteiger partial charge < -0.3 is 10.6 Å². The molecule has 1 fully saturated rings. The Morgan fingerprint density at radius 3 is 2.74 bits per heavy atom. The van der Waals surface area contributed by atoms with Crippen molar-refractivity contribution >= 4 is 11.3 Å². The number of likely N-dealkylation sites (N-methyl/N-ethyl adjacent to an activating group) is 2. The van der Waals surface area contributed by atoms with Gasteiger partial charge in [-0.1, -0.05) is 0 Å². The van der Waals surface area contributed by atoms with Crippen molar-refractivity contribution in [3.8, 4) is 0 Å². The second kappa shape index (κ2) is 6.35. The minimum absolute atomic E-state index is 0.162. The van der Waals surface area contributed by atoms with Gasteiger partial charge in [0, 0.05) is 28.4 Å². The van der Waals surface area contributed by atoms with E-state index >= 15 is 0 Å². The van der Waals surface area contributed by atoms with Crippen LogP contribution >= 0.6 is 11.3 Å². The minimum Gasteiger partial charge on any atom is -0.326 e. The van der Waals surface area contributed by atoms with Gasteiger partial charge in [-0.3, -0.25) is 4.90 Å². The maximum atomic E-state index is 6.24. The molecule has 2 N–H and O–H groups in total. The van der Waals surface area contributed by atoms with Crippen molar-refractivity contribution in [2.45, 2.75) is 44.8 Å². The van der Waals surface area contributed by atoms with E-state index in [4.69, 9.17) is 5.73 Å². The van der Waals surface area contributed by atoms with E-state index in [0.717, 1.165) is 6.54 Å². The summed E-state index contributed by atoms with van der Waals surface area (Å²) in [5.74, 6) is 0. The average molecular weight is 281 g/mol. The van der Waals surface area contributed by atoms with Crippen LogP contribution in [0.2, 0.25) is 0 Å². The fourth-order valence-electron chi connectivity index (χ4n) is 3.15. The van der Waals surface area contributed by atoms with Crippen molar-refractivity contribution < 1.29 is 0 Å². The molecular weight excluding hydrogens is 254 g/mol. The lowest BCUT2D eigenvalue weighted by Crippen LogP contribution is -2.43. The first-order chi connectivity index (χ1) is 8.99. The van der Waals surface area contributed by atoms with E-state index in [-0.39, 0.29) is 6.04 Å². The van der Waals surface area contributed by atoms with E-state index in [1.54, 1.807) is 0 Å². The Bertz CT molecular complexity index is 402. The molecule has 0 radical (unpaired) electrons.